The molecule has 1 atom stereocenters. The number of carbonyl (C=O) groups is 3. The van der Waals surface area contributed by atoms with Crippen molar-refractivity contribution in [2.75, 3.05) is 29.9 Å². The zero-order valence-electron chi connectivity index (χ0n) is 21.0. The predicted octanol–water partition coefficient (Wildman–Crippen LogP) is 4.97. The maximum Gasteiger partial charge on any atom is 0.417 e. The number of imide groups is 1. The van der Waals surface area contributed by atoms with Gasteiger partial charge in [0, 0.05) is 37.6 Å². The van der Waals surface area contributed by atoms with Crippen molar-refractivity contribution in [1.29, 1.82) is 0 Å². The number of nitrogens with one attached hydrogen (secondary N) is 1. The van der Waals surface area contributed by atoms with E-state index in [0.717, 1.165) is 35.9 Å². The van der Waals surface area contributed by atoms with Crippen molar-refractivity contribution in [2.24, 2.45) is 5.92 Å². The average molecular weight is 538 g/mol. The molecule has 0 bridgehead atoms. The summed E-state index contributed by atoms with van der Waals surface area (Å²) in [7, 11) is 0. The van der Waals surface area contributed by atoms with Crippen LogP contribution in [0.15, 0.2) is 29.8 Å². The first-order chi connectivity index (χ1) is 17.4. The van der Waals surface area contributed by atoms with Gasteiger partial charge in [0.1, 0.15) is 16.4 Å². The third kappa shape index (κ3) is 5.96. The van der Waals surface area contributed by atoms with Crippen LogP contribution in [0.4, 0.5) is 28.8 Å². The van der Waals surface area contributed by atoms with Gasteiger partial charge in [-0.05, 0) is 62.9 Å². The molecule has 2 aliphatic rings. The number of likely N-dealkylation sites (tertiary alicyclic amines) is 1. The van der Waals surface area contributed by atoms with E-state index in [1.54, 1.807) is 26.0 Å². The molecule has 4 rings (SSSR count). The summed E-state index contributed by atoms with van der Waals surface area (Å²) in [5.74, 6) is 0.180. The van der Waals surface area contributed by atoms with E-state index in [0.29, 0.717) is 41.6 Å². The van der Waals surface area contributed by atoms with Crippen LogP contribution in [0, 0.1) is 5.92 Å². The number of piperidine rings is 1. The van der Waals surface area contributed by atoms with Gasteiger partial charge in [-0.15, -0.1) is 11.3 Å². The highest BCUT2D eigenvalue weighted by Gasteiger charge is 2.52. The molecule has 0 radical (unpaired) electrons. The van der Waals surface area contributed by atoms with Gasteiger partial charge < -0.3 is 15.1 Å². The lowest BCUT2D eigenvalue weighted by atomic mass is 10.0. The van der Waals surface area contributed by atoms with Crippen LogP contribution in [-0.4, -0.2) is 57.8 Å². The van der Waals surface area contributed by atoms with E-state index < -0.39 is 29.2 Å². The SMILES string of the molecule is CC1CCCN(CCC(=O)Nc2cc(CN3C(=O)N(c4cc(C(F)(F)F)cs4)C(=O)C3(C)C)ccn2)C1. The second-order valence-electron chi connectivity index (χ2n) is 10.1. The van der Waals surface area contributed by atoms with E-state index in [4.69, 9.17) is 0 Å². The quantitative estimate of drug-likeness (QED) is 0.504. The Morgan fingerprint density at radius 3 is 2.70 bits per heavy atom. The Labute approximate surface area is 217 Å². The van der Waals surface area contributed by atoms with Crippen LogP contribution in [-0.2, 0) is 22.3 Å². The molecular formula is C25H30F3N5O3S. The number of amides is 4. The Bertz CT molecular complexity index is 1180. The first-order valence-electron chi connectivity index (χ1n) is 12.2. The van der Waals surface area contributed by atoms with Crippen LogP contribution in [0.1, 0.15) is 51.2 Å². The summed E-state index contributed by atoms with van der Waals surface area (Å²) < 4.78 is 39.2. The van der Waals surface area contributed by atoms with Gasteiger partial charge in [0.15, 0.2) is 0 Å². The molecule has 8 nitrogen and oxygen atoms in total. The minimum absolute atomic E-state index is 0.0165. The van der Waals surface area contributed by atoms with Crippen molar-refractivity contribution >= 4 is 40.0 Å². The van der Waals surface area contributed by atoms with Gasteiger partial charge in [-0.3, -0.25) is 9.59 Å². The van der Waals surface area contributed by atoms with Crippen LogP contribution in [0.5, 0.6) is 0 Å². The molecule has 12 heteroatoms. The van der Waals surface area contributed by atoms with Gasteiger partial charge in [0.2, 0.25) is 5.91 Å². The maximum atomic E-state index is 13.2. The van der Waals surface area contributed by atoms with E-state index in [-0.39, 0.29) is 17.5 Å². The van der Waals surface area contributed by atoms with Crippen molar-refractivity contribution in [1.82, 2.24) is 14.8 Å². The summed E-state index contributed by atoms with van der Waals surface area (Å²) in [6.07, 6.45) is -0.394. The summed E-state index contributed by atoms with van der Waals surface area (Å²) in [5, 5.41) is 3.59. The van der Waals surface area contributed by atoms with Crippen LogP contribution < -0.4 is 10.2 Å². The van der Waals surface area contributed by atoms with Gasteiger partial charge in [0.05, 0.1) is 5.56 Å². The summed E-state index contributed by atoms with van der Waals surface area (Å²) in [5.41, 5.74) is -1.57. The number of aromatic nitrogens is 1. The molecule has 0 aromatic carbocycles. The molecule has 2 aromatic heterocycles. The second kappa shape index (κ2) is 10.4. The highest BCUT2D eigenvalue weighted by atomic mass is 32.1. The minimum Gasteiger partial charge on any atom is -0.311 e. The van der Waals surface area contributed by atoms with Crippen molar-refractivity contribution in [2.45, 2.75) is 58.3 Å². The number of pyridine rings is 1. The lowest BCUT2D eigenvalue weighted by molar-refractivity contribution is -0.137. The van der Waals surface area contributed by atoms with Crippen LogP contribution >= 0.6 is 11.3 Å². The molecule has 2 fully saturated rings. The fourth-order valence-corrected chi connectivity index (χ4v) is 5.58. The number of anilines is 2. The highest BCUT2D eigenvalue weighted by molar-refractivity contribution is 7.14. The Hall–Kier alpha value is -2.99. The maximum absolute atomic E-state index is 13.2. The van der Waals surface area contributed by atoms with E-state index >= 15 is 0 Å². The van der Waals surface area contributed by atoms with Crippen LogP contribution in [0.25, 0.3) is 0 Å². The fourth-order valence-electron chi connectivity index (χ4n) is 4.66. The second-order valence-corrected chi connectivity index (χ2v) is 11.0. The van der Waals surface area contributed by atoms with Crippen LogP contribution in [0.3, 0.4) is 0 Å². The van der Waals surface area contributed by atoms with Crippen molar-refractivity contribution in [3.63, 3.8) is 0 Å². The molecule has 0 spiro atoms. The molecule has 1 unspecified atom stereocenters. The first-order valence-corrected chi connectivity index (χ1v) is 13.0. The summed E-state index contributed by atoms with van der Waals surface area (Å²) in [4.78, 5) is 47.3. The normalized spacial score (nSPS) is 20.5. The number of thiophene rings is 1. The number of alkyl halides is 3. The number of nitrogens with zero attached hydrogens (tertiary/aromatic N) is 4. The lowest BCUT2D eigenvalue weighted by Crippen LogP contribution is -2.43. The third-order valence-corrected chi connectivity index (χ3v) is 7.70. The molecule has 2 aliphatic heterocycles. The predicted molar refractivity (Wildman–Crippen MR) is 134 cm³/mol. The topological polar surface area (TPSA) is 85.9 Å². The molecule has 2 saturated heterocycles. The Morgan fingerprint density at radius 1 is 1.27 bits per heavy atom. The standard InChI is InChI=1S/C25H30F3N5O3S/c1-16-5-4-9-31(13-16)10-7-20(34)30-19-11-17(6-8-29-19)14-32-23(36)33(22(35)24(32,2)3)21-12-18(15-37-21)25(26,27)28/h6,8,11-12,15-16H,4-5,7,9-10,13-14H2,1-3H3,(H,29,30,34). The number of urea groups is 1. The minimum atomic E-state index is -4.57. The zero-order chi connectivity index (χ0) is 27.0. The number of halogens is 3. The average Bonchev–Trinajstić information content (AvgIpc) is 3.37. The smallest absolute Gasteiger partial charge is 0.311 e. The summed E-state index contributed by atoms with van der Waals surface area (Å²) in [6, 6.07) is 3.40. The molecule has 200 valence electrons. The first kappa shape index (κ1) is 27.1. The highest BCUT2D eigenvalue weighted by Crippen LogP contribution is 2.40. The number of hydrogen-bond acceptors (Lipinski definition) is 6. The Balaban J connectivity index is 1.42. The fraction of sp³-hybridized carbons (Fsp3) is 0.520. The Morgan fingerprint density at radius 2 is 2.03 bits per heavy atom. The van der Waals surface area contributed by atoms with Gasteiger partial charge in [-0.2, -0.15) is 13.2 Å². The molecule has 0 aliphatic carbocycles. The van der Waals surface area contributed by atoms with E-state index in [2.05, 4.69) is 22.1 Å². The van der Waals surface area contributed by atoms with Gasteiger partial charge in [-0.25, -0.2) is 14.7 Å². The largest absolute Gasteiger partial charge is 0.417 e. The number of hydrogen-bond donors (Lipinski definition) is 1. The molecule has 0 saturated carbocycles. The van der Waals surface area contributed by atoms with Gasteiger partial charge >= 0.3 is 12.2 Å². The Kier molecular flexibility index (Phi) is 7.61. The molecule has 4 amide bonds. The van der Waals surface area contributed by atoms with E-state index in [9.17, 15) is 27.6 Å². The lowest BCUT2D eigenvalue weighted by Gasteiger charge is -2.30. The third-order valence-electron chi connectivity index (χ3n) is 6.79. The molecule has 4 heterocycles. The molecule has 37 heavy (non-hydrogen) atoms. The molecule has 1 N–H and O–H groups in total. The zero-order valence-corrected chi connectivity index (χ0v) is 21.8. The molecule has 2 aromatic rings. The monoisotopic (exact) mass is 537 g/mol. The van der Waals surface area contributed by atoms with Crippen molar-refractivity contribution < 1.29 is 27.6 Å². The van der Waals surface area contributed by atoms with E-state index in [1.165, 1.54) is 17.5 Å². The van der Waals surface area contributed by atoms with E-state index in [1.807, 2.05) is 0 Å². The van der Waals surface area contributed by atoms with Crippen molar-refractivity contribution in [3.05, 3.63) is 40.9 Å². The number of carbonyl (C=O) groups excluding carboxylic acids is 3. The number of rotatable bonds is 7. The molecular weight excluding hydrogens is 507 g/mol. The van der Waals surface area contributed by atoms with Crippen LogP contribution in [0.2, 0.25) is 0 Å². The van der Waals surface area contributed by atoms with Crippen molar-refractivity contribution in [3.8, 4) is 0 Å². The van der Waals surface area contributed by atoms with Gasteiger partial charge in [0.25, 0.3) is 5.91 Å². The summed E-state index contributed by atoms with van der Waals surface area (Å²) in [6.45, 7) is 7.98. The van der Waals surface area contributed by atoms with Gasteiger partial charge in [-0.1, -0.05) is 6.92 Å². The summed E-state index contributed by atoms with van der Waals surface area (Å²) >= 11 is 0.691.